The van der Waals surface area contributed by atoms with Crippen molar-refractivity contribution in [2.24, 2.45) is 0 Å². The molecule has 30 heavy (non-hydrogen) atoms. The third-order valence-corrected chi connectivity index (χ3v) is 5.90. The molecular formula is C23H24N2O4S. The summed E-state index contributed by atoms with van der Waals surface area (Å²) in [5.74, 6) is 0.132. The highest BCUT2D eigenvalue weighted by atomic mass is 32.2. The monoisotopic (exact) mass is 424 g/mol. The summed E-state index contributed by atoms with van der Waals surface area (Å²) < 4.78 is 32.9. The minimum absolute atomic E-state index is 0.132. The number of rotatable bonds is 9. The standard InChI is InChI=1S/C23H24N2O4S/c1-2-19-10-6-7-11-22(19)25-23(26)17-29-20-12-14-21(15-13-20)30(27,28)24-16-18-8-4-3-5-9-18/h3-15,24H,2,16-17H2,1H3,(H,25,26). The Hall–Kier alpha value is -3.16. The normalized spacial score (nSPS) is 11.1. The highest BCUT2D eigenvalue weighted by molar-refractivity contribution is 7.89. The zero-order valence-electron chi connectivity index (χ0n) is 16.7. The van der Waals surface area contributed by atoms with Crippen LogP contribution in [0.25, 0.3) is 0 Å². The number of anilines is 1. The minimum Gasteiger partial charge on any atom is -0.484 e. The number of hydrogen-bond acceptors (Lipinski definition) is 4. The average Bonchev–Trinajstić information content (AvgIpc) is 2.78. The summed E-state index contributed by atoms with van der Waals surface area (Å²) in [5.41, 5.74) is 2.68. The number of amides is 1. The quantitative estimate of drug-likeness (QED) is 0.548. The van der Waals surface area contributed by atoms with Gasteiger partial charge in [0.05, 0.1) is 4.90 Å². The van der Waals surface area contributed by atoms with E-state index in [9.17, 15) is 13.2 Å². The van der Waals surface area contributed by atoms with Crippen molar-refractivity contribution in [2.75, 3.05) is 11.9 Å². The number of sulfonamides is 1. The molecule has 1 amide bonds. The second-order valence-electron chi connectivity index (χ2n) is 6.63. The van der Waals surface area contributed by atoms with Gasteiger partial charge < -0.3 is 10.1 Å². The Morgan fingerprint density at radius 1 is 0.900 bits per heavy atom. The molecule has 0 aliphatic carbocycles. The molecule has 156 valence electrons. The number of nitrogens with one attached hydrogen (secondary N) is 2. The Kier molecular flexibility index (Phi) is 7.21. The second kappa shape index (κ2) is 10.0. The van der Waals surface area contributed by atoms with Gasteiger partial charge in [-0.1, -0.05) is 55.5 Å². The van der Waals surface area contributed by atoms with E-state index in [0.717, 1.165) is 23.2 Å². The summed E-state index contributed by atoms with van der Waals surface area (Å²) in [6.45, 7) is 2.06. The number of ether oxygens (including phenoxy) is 1. The molecule has 0 aromatic heterocycles. The van der Waals surface area contributed by atoms with E-state index in [2.05, 4.69) is 10.0 Å². The summed E-state index contributed by atoms with van der Waals surface area (Å²) >= 11 is 0. The van der Waals surface area contributed by atoms with Crippen LogP contribution in [0, 0.1) is 0 Å². The summed E-state index contributed by atoms with van der Waals surface area (Å²) in [5, 5.41) is 2.83. The van der Waals surface area contributed by atoms with Crippen LogP contribution in [0.15, 0.2) is 83.8 Å². The molecular weight excluding hydrogens is 400 g/mol. The minimum atomic E-state index is -3.64. The number of carbonyl (C=O) groups excluding carboxylic acids is 1. The molecule has 0 atom stereocenters. The molecule has 0 heterocycles. The van der Waals surface area contributed by atoms with Gasteiger partial charge in [-0.15, -0.1) is 0 Å². The van der Waals surface area contributed by atoms with Crippen molar-refractivity contribution in [3.8, 4) is 5.75 Å². The van der Waals surface area contributed by atoms with E-state index < -0.39 is 10.0 Å². The maximum Gasteiger partial charge on any atom is 0.262 e. The molecule has 0 saturated carbocycles. The van der Waals surface area contributed by atoms with E-state index in [1.54, 1.807) is 0 Å². The van der Waals surface area contributed by atoms with Gasteiger partial charge in [-0.2, -0.15) is 0 Å². The highest BCUT2D eigenvalue weighted by Gasteiger charge is 2.14. The van der Waals surface area contributed by atoms with Gasteiger partial charge in [-0.05, 0) is 47.9 Å². The van der Waals surface area contributed by atoms with Crippen LogP contribution in [0.2, 0.25) is 0 Å². The first-order chi connectivity index (χ1) is 14.5. The molecule has 6 nitrogen and oxygen atoms in total. The molecule has 3 aromatic carbocycles. The van der Waals surface area contributed by atoms with Gasteiger partial charge in [-0.3, -0.25) is 4.79 Å². The molecule has 0 bridgehead atoms. The van der Waals surface area contributed by atoms with Crippen LogP contribution in [0.3, 0.4) is 0 Å². The van der Waals surface area contributed by atoms with Gasteiger partial charge in [0.15, 0.2) is 6.61 Å². The second-order valence-corrected chi connectivity index (χ2v) is 8.40. The zero-order valence-corrected chi connectivity index (χ0v) is 17.5. The molecule has 3 aromatic rings. The SMILES string of the molecule is CCc1ccccc1NC(=O)COc1ccc(S(=O)(=O)NCc2ccccc2)cc1. The lowest BCUT2D eigenvalue weighted by Gasteiger charge is -2.11. The van der Waals surface area contributed by atoms with E-state index >= 15 is 0 Å². The van der Waals surface area contributed by atoms with Gasteiger partial charge in [-0.25, -0.2) is 13.1 Å². The topological polar surface area (TPSA) is 84.5 Å². The summed E-state index contributed by atoms with van der Waals surface area (Å²) in [6.07, 6.45) is 0.811. The predicted octanol–water partition coefficient (Wildman–Crippen LogP) is 3.75. The van der Waals surface area contributed by atoms with Gasteiger partial charge in [0, 0.05) is 12.2 Å². The molecule has 0 fully saturated rings. The van der Waals surface area contributed by atoms with Crippen LogP contribution in [0.1, 0.15) is 18.1 Å². The predicted molar refractivity (Wildman–Crippen MR) is 117 cm³/mol. The van der Waals surface area contributed by atoms with Crippen molar-refractivity contribution in [3.63, 3.8) is 0 Å². The largest absolute Gasteiger partial charge is 0.484 e. The van der Waals surface area contributed by atoms with Crippen LogP contribution in [0.4, 0.5) is 5.69 Å². The average molecular weight is 425 g/mol. The number of aryl methyl sites for hydroxylation is 1. The molecule has 3 rings (SSSR count). The van der Waals surface area contributed by atoms with Crippen LogP contribution >= 0.6 is 0 Å². The third kappa shape index (κ3) is 5.92. The first-order valence-electron chi connectivity index (χ1n) is 9.62. The van der Waals surface area contributed by atoms with Gasteiger partial charge >= 0.3 is 0 Å². The summed E-state index contributed by atoms with van der Waals surface area (Å²) in [4.78, 5) is 12.3. The van der Waals surface area contributed by atoms with E-state index in [1.165, 1.54) is 24.3 Å². The molecule has 7 heteroatoms. The van der Waals surface area contributed by atoms with Crippen molar-refractivity contribution < 1.29 is 17.9 Å². The number of benzene rings is 3. The first kappa shape index (κ1) is 21.5. The molecule has 0 spiro atoms. The van der Waals surface area contributed by atoms with Crippen LogP contribution in [-0.4, -0.2) is 20.9 Å². The van der Waals surface area contributed by atoms with Crippen LogP contribution in [0.5, 0.6) is 5.75 Å². The van der Waals surface area contributed by atoms with E-state index in [-0.39, 0.29) is 24.0 Å². The van der Waals surface area contributed by atoms with Crippen molar-refractivity contribution in [1.29, 1.82) is 0 Å². The van der Waals surface area contributed by atoms with Gasteiger partial charge in [0.1, 0.15) is 5.75 Å². The molecule has 0 unspecified atom stereocenters. The lowest BCUT2D eigenvalue weighted by Crippen LogP contribution is -2.23. The van der Waals surface area contributed by atoms with E-state index in [4.69, 9.17) is 4.74 Å². The summed E-state index contributed by atoms with van der Waals surface area (Å²) in [7, 11) is -3.64. The maximum atomic E-state index is 12.4. The number of para-hydroxylation sites is 1. The third-order valence-electron chi connectivity index (χ3n) is 4.49. The fraction of sp³-hybridized carbons (Fsp3) is 0.174. The number of hydrogen-bond donors (Lipinski definition) is 2. The molecule has 0 aliphatic heterocycles. The Labute approximate surface area is 177 Å². The lowest BCUT2D eigenvalue weighted by atomic mass is 10.1. The van der Waals surface area contributed by atoms with Crippen molar-refractivity contribution >= 4 is 21.6 Å². The van der Waals surface area contributed by atoms with E-state index in [0.29, 0.717) is 5.75 Å². The molecule has 0 aliphatic rings. The Morgan fingerprint density at radius 2 is 1.57 bits per heavy atom. The summed E-state index contributed by atoms with van der Waals surface area (Å²) in [6, 6.07) is 22.8. The van der Waals surface area contributed by atoms with Crippen molar-refractivity contribution in [1.82, 2.24) is 4.72 Å². The smallest absolute Gasteiger partial charge is 0.262 e. The van der Waals surface area contributed by atoms with Crippen molar-refractivity contribution in [2.45, 2.75) is 24.8 Å². The van der Waals surface area contributed by atoms with E-state index in [1.807, 2.05) is 61.5 Å². The molecule has 0 saturated heterocycles. The molecule has 0 radical (unpaired) electrons. The molecule has 2 N–H and O–H groups in total. The Balaban J connectivity index is 1.54. The van der Waals surface area contributed by atoms with Crippen LogP contribution < -0.4 is 14.8 Å². The lowest BCUT2D eigenvalue weighted by molar-refractivity contribution is -0.118. The first-order valence-corrected chi connectivity index (χ1v) is 11.1. The fourth-order valence-electron chi connectivity index (χ4n) is 2.86. The van der Waals surface area contributed by atoms with Gasteiger partial charge in [0.2, 0.25) is 10.0 Å². The van der Waals surface area contributed by atoms with Crippen LogP contribution in [-0.2, 0) is 27.8 Å². The van der Waals surface area contributed by atoms with Gasteiger partial charge in [0.25, 0.3) is 5.91 Å². The Bertz CT molecular complexity index is 1080. The highest BCUT2D eigenvalue weighted by Crippen LogP contribution is 2.18. The fourth-order valence-corrected chi connectivity index (χ4v) is 3.88. The Morgan fingerprint density at radius 3 is 2.27 bits per heavy atom. The zero-order chi connectivity index (χ0) is 21.4. The number of carbonyl (C=O) groups is 1. The van der Waals surface area contributed by atoms with Crippen molar-refractivity contribution in [3.05, 3.63) is 90.0 Å². The maximum absolute atomic E-state index is 12.4.